The summed E-state index contributed by atoms with van der Waals surface area (Å²) in [5, 5.41) is 13.4. The molecule has 0 unspecified atom stereocenters. The Bertz CT molecular complexity index is 700. The monoisotopic (exact) mass is 287 g/mol. The second-order valence-electron chi connectivity index (χ2n) is 4.28. The smallest absolute Gasteiger partial charge is 0.271 e. The van der Waals surface area contributed by atoms with E-state index in [4.69, 9.17) is 4.74 Å². The molecule has 2 aromatic rings. The second kappa shape index (κ2) is 6.00. The molecule has 0 atom stereocenters. The zero-order valence-electron chi connectivity index (χ0n) is 11.5. The molecule has 1 N–H and O–H groups in total. The fourth-order valence-corrected chi connectivity index (χ4v) is 1.79. The van der Waals surface area contributed by atoms with E-state index < -0.39 is 4.92 Å². The van der Waals surface area contributed by atoms with E-state index in [0.29, 0.717) is 17.0 Å². The Morgan fingerprint density at radius 1 is 1.33 bits per heavy atom. The maximum atomic E-state index is 12.2. The van der Waals surface area contributed by atoms with Crippen molar-refractivity contribution < 1.29 is 14.5 Å². The largest absolute Gasteiger partial charge is 0.495 e. The predicted octanol–water partition coefficient (Wildman–Crippen LogP) is 2.56. The molecule has 0 saturated heterocycles. The van der Waals surface area contributed by atoms with Gasteiger partial charge in [-0.2, -0.15) is 0 Å². The number of anilines is 1. The Balaban J connectivity index is 2.31. The number of non-ortho nitro benzene ring substituents is 1. The highest BCUT2D eigenvalue weighted by molar-refractivity contribution is 6.05. The number of nitrogens with one attached hydrogen (secondary N) is 1. The molecule has 0 aliphatic heterocycles. The minimum Gasteiger partial charge on any atom is -0.495 e. The Labute approximate surface area is 120 Å². The molecular weight excluding hydrogens is 274 g/mol. The average Bonchev–Trinajstić information content (AvgIpc) is 2.47. The van der Waals surface area contributed by atoms with Gasteiger partial charge in [0, 0.05) is 29.6 Å². The average molecular weight is 287 g/mol. The van der Waals surface area contributed by atoms with Crippen molar-refractivity contribution in [2.45, 2.75) is 6.92 Å². The van der Waals surface area contributed by atoms with E-state index in [-0.39, 0.29) is 17.3 Å². The molecule has 1 aromatic carbocycles. The molecule has 0 bridgehead atoms. The zero-order valence-corrected chi connectivity index (χ0v) is 11.5. The van der Waals surface area contributed by atoms with Gasteiger partial charge in [-0.05, 0) is 25.1 Å². The van der Waals surface area contributed by atoms with Gasteiger partial charge in [0.2, 0.25) is 0 Å². The molecule has 0 radical (unpaired) electrons. The van der Waals surface area contributed by atoms with Crippen LogP contribution in [0.15, 0.2) is 36.5 Å². The standard InChI is InChI=1S/C14H13N3O4/c1-9-7-10(5-6-15-9)14(18)16-12-8-11(17(19)20)3-4-13(12)21-2/h3-8H,1-2H3,(H,16,18). The lowest BCUT2D eigenvalue weighted by Crippen LogP contribution is -2.13. The van der Waals surface area contributed by atoms with Crippen molar-refractivity contribution >= 4 is 17.3 Å². The van der Waals surface area contributed by atoms with Crippen molar-refractivity contribution in [2.24, 2.45) is 0 Å². The number of carbonyl (C=O) groups excluding carboxylic acids is 1. The van der Waals surface area contributed by atoms with Gasteiger partial charge >= 0.3 is 0 Å². The topological polar surface area (TPSA) is 94.4 Å². The fraction of sp³-hybridized carbons (Fsp3) is 0.143. The molecule has 0 fully saturated rings. The zero-order chi connectivity index (χ0) is 15.4. The van der Waals surface area contributed by atoms with Crippen LogP contribution in [-0.4, -0.2) is 22.9 Å². The van der Waals surface area contributed by atoms with Crippen LogP contribution in [0.1, 0.15) is 16.1 Å². The van der Waals surface area contributed by atoms with Gasteiger partial charge in [0.1, 0.15) is 5.75 Å². The van der Waals surface area contributed by atoms with Crippen LogP contribution < -0.4 is 10.1 Å². The van der Waals surface area contributed by atoms with E-state index in [2.05, 4.69) is 10.3 Å². The number of benzene rings is 1. The molecule has 0 aliphatic carbocycles. The van der Waals surface area contributed by atoms with Gasteiger partial charge in [0.15, 0.2) is 0 Å². The molecule has 1 amide bonds. The van der Waals surface area contributed by atoms with Crippen LogP contribution in [-0.2, 0) is 0 Å². The summed E-state index contributed by atoms with van der Waals surface area (Å²) in [6.45, 7) is 1.77. The summed E-state index contributed by atoms with van der Waals surface area (Å²) < 4.78 is 5.09. The number of aryl methyl sites for hydroxylation is 1. The Morgan fingerprint density at radius 2 is 2.10 bits per heavy atom. The second-order valence-corrected chi connectivity index (χ2v) is 4.28. The Morgan fingerprint density at radius 3 is 2.71 bits per heavy atom. The number of methoxy groups -OCH3 is 1. The van der Waals surface area contributed by atoms with Gasteiger partial charge in [-0.15, -0.1) is 0 Å². The third-order valence-corrected chi connectivity index (χ3v) is 2.80. The normalized spacial score (nSPS) is 10.0. The lowest BCUT2D eigenvalue weighted by atomic mass is 10.2. The van der Waals surface area contributed by atoms with Crippen LogP contribution in [0.25, 0.3) is 0 Å². The number of carbonyl (C=O) groups is 1. The van der Waals surface area contributed by atoms with Gasteiger partial charge in [-0.25, -0.2) is 0 Å². The van der Waals surface area contributed by atoms with Crippen molar-refractivity contribution in [1.82, 2.24) is 4.98 Å². The summed E-state index contributed by atoms with van der Waals surface area (Å²) in [5.74, 6) is -0.0426. The van der Waals surface area contributed by atoms with Gasteiger partial charge in [-0.3, -0.25) is 19.9 Å². The molecule has 7 heteroatoms. The van der Waals surface area contributed by atoms with E-state index >= 15 is 0 Å². The Kier molecular flexibility index (Phi) is 4.13. The number of rotatable bonds is 4. The maximum Gasteiger partial charge on any atom is 0.271 e. The number of nitro benzene ring substituents is 1. The third kappa shape index (κ3) is 3.33. The van der Waals surface area contributed by atoms with Crippen LogP contribution >= 0.6 is 0 Å². The summed E-state index contributed by atoms with van der Waals surface area (Å²) in [5.41, 5.74) is 1.23. The molecule has 1 heterocycles. The molecule has 108 valence electrons. The highest BCUT2D eigenvalue weighted by Gasteiger charge is 2.14. The maximum absolute atomic E-state index is 12.2. The minimum atomic E-state index is -0.536. The minimum absolute atomic E-state index is 0.128. The number of nitro groups is 1. The molecule has 0 spiro atoms. The summed E-state index contributed by atoms with van der Waals surface area (Å²) in [6, 6.07) is 7.19. The molecular formula is C14H13N3O4. The van der Waals surface area contributed by atoms with Crippen LogP contribution in [0.4, 0.5) is 11.4 Å². The van der Waals surface area contributed by atoms with Crippen LogP contribution in [0.3, 0.4) is 0 Å². The van der Waals surface area contributed by atoms with Gasteiger partial charge in [0.25, 0.3) is 11.6 Å². The fourth-order valence-electron chi connectivity index (χ4n) is 1.79. The molecule has 0 saturated carbocycles. The van der Waals surface area contributed by atoms with Crippen molar-refractivity contribution in [3.8, 4) is 5.75 Å². The number of amides is 1. The van der Waals surface area contributed by atoms with Gasteiger partial charge < -0.3 is 10.1 Å². The SMILES string of the molecule is COc1ccc([N+](=O)[O-])cc1NC(=O)c1ccnc(C)c1. The first-order valence-corrected chi connectivity index (χ1v) is 6.07. The highest BCUT2D eigenvalue weighted by atomic mass is 16.6. The number of hydrogen-bond donors (Lipinski definition) is 1. The van der Waals surface area contributed by atoms with E-state index in [1.807, 2.05) is 0 Å². The molecule has 21 heavy (non-hydrogen) atoms. The molecule has 7 nitrogen and oxygen atoms in total. The predicted molar refractivity (Wildman–Crippen MR) is 76.6 cm³/mol. The Hall–Kier alpha value is -2.96. The van der Waals surface area contributed by atoms with Crippen LogP contribution in [0.2, 0.25) is 0 Å². The summed E-state index contributed by atoms with van der Waals surface area (Å²) >= 11 is 0. The summed E-state index contributed by atoms with van der Waals surface area (Å²) in [4.78, 5) is 26.4. The van der Waals surface area contributed by atoms with E-state index in [9.17, 15) is 14.9 Å². The van der Waals surface area contributed by atoms with Gasteiger partial charge in [-0.1, -0.05) is 0 Å². The molecule has 2 rings (SSSR count). The molecule has 0 aliphatic rings. The number of ether oxygens (including phenoxy) is 1. The number of pyridine rings is 1. The lowest BCUT2D eigenvalue weighted by Gasteiger charge is -2.10. The van der Waals surface area contributed by atoms with Crippen LogP contribution in [0, 0.1) is 17.0 Å². The van der Waals surface area contributed by atoms with E-state index in [1.165, 1.54) is 31.5 Å². The van der Waals surface area contributed by atoms with Crippen molar-refractivity contribution in [1.29, 1.82) is 0 Å². The first kappa shape index (κ1) is 14.4. The van der Waals surface area contributed by atoms with Crippen molar-refractivity contribution in [2.75, 3.05) is 12.4 Å². The van der Waals surface area contributed by atoms with Crippen molar-refractivity contribution in [3.05, 3.63) is 57.9 Å². The number of aromatic nitrogens is 1. The first-order valence-electron chi connectivity index (χ1n) is 6.07. The summed E-state index contributed by atoms with van der Waals surface area (Å²) in [6.07, 6.45) is 1.52. The quantitative estimate of drug-likeness (QED) is 0.688. The highest BCUT2D eigenvalue weighted by Crippen LogP contribution is 2.29. The third-order valence-electron chi connectivity index (χ3n) is 2.80. The number of nitrogens with zero attached hydrogens (tertiary/aromatic N) is 2. The van der Waals surface area contributed by atoms with E-state index in [0.717, 1.165) is 0 Å². The van der Waals surface area contributed by atoms with Crippen LogP contribution in [0.5, 0.6) is 5.75 Å². The lowest BCUT2D eigenvalue weighted by molar-refractivity contribution is -0.384. The molecule has 1 aromatic heterocycles. The van der Waals surface area contributed by atoms with E-state index in [1.54, 1.807) is 19.1 Å². The summed E-state index contributed by atoms with van der Waals surface area (Å²) in [7, 11) is 1.42. The van der Waals surface area contributed by atoms with Crippen molar-refractivity contribution in [3.63, 3.8) is 0 Å². The van der Waals surface area contributed by atoms with Gasteiger partial charge in [0.05, 0.1) is 17.7 Å². The number of hydrogen-bond acceptors (Lipinski definition) is 5. The first-order chi connectivity index (χ1) is 10.0.